The second-order valence-corrected chi connectivity index (χ2v) is 9.87. The summed E-state index contributed by atoms with van der Waals surface area (Å²) in [5.74, 6) is -0.00164. The Labute approximate surface area is 186 Å². The molecule has 0 saturated heterocycles. The fourth-order valence-electron chi connectivity index (χ4n) is 3.03. The number of benzene rings is 1. The molecule has 0 saturated carbocycles. The van der Waals surface area contributed by atoms with Crippen molar-refractivity contribution in [2.75, 3.05) is 26.6 Å². The number of aliphatic hydroxyl groups is 1. The molecule has 0 aliphatic heterocycles. The molecule has 0 radical (unpaired) electrons. The molecule has 10 nitrogen and oxygen atoms in total. The number of pyridine rings is 1. The molecule has 3 N–H and O–H groups in total. The Balaban J connectivity index is 2.27. The molecular formula is C21H28N2O8S. The molecule has 176 valence electrons. The third kappa shape index (κ3) is 5.67. The first kappa shape index (κ1) is 25.4. The number of rotatable bonds is 11. The summed E-state index contributed by atoms with van der Waals surface area (Å²) in [7, 11) is -2.37. The first-order chi connectivity index (χ1) is 15.1. The highest BCUT2D eigenvalue weighted by Gasteiger charge is 2.43. The number of nitrogens with one attached hydrogen (secondary N) is 1. The van der Waals surface area contributed by atoms with Crippen LogP contribution in [0.1, 0.15) is 19.8 Å². The molecule has 1 aromatic carbocycles. The van der Waals surface area contributed by atoms with E-state index in [9.17, 15) is 18.0 Å². The summed E-state index contributed by atoms with van der Waals surface area (Å²) in [5, 5.41) is 17.8. The van der Waals surface area contributed by atoms with E-state index in [1.165, 1.54) is 36.3 Å². The van der Waals surface area contributed by atoms with Crippen molar-refractivity contribution in [2.24, 2.45) is 0 Å². The van der Waals surface area contributed by atoms with E-state index in [0.29, 0.717) is 35.7 Å². The van der Waals surface area contributed by atoms with E-state index in [-0.39, 0.29) is 19.6 Å². The number of methoxy groups -OCH3 is 1. The van der Waals surface area contributed by atoms with Crippen LogP contribution in [-0.4, -0.2) is 60.5 Å². The summed E-state index contributed by atoms with van der Waals surface area (Å²) in [6.45, 7) is 1.53. The lowest BCUT2D eigenvalue weighted by molar-refractivity contribution is -0.131. The number of aromatic nitrogens is 1. The normalized spacial score (nSPS) is 13.3. The lowest BCUT2D eigenvalue weighted by Crippen LogP contribution is -2.49. The zero-order valence-corrected chi connectivity index (χ0v) is 19.0. The van der Waals surface area contributed by atoms with Crippen molar-refractivity contribution < 1.29 is 33.0 Å². The Bertz CT molecular complexity index is 1110. The van der Waals surface area contributed by atoms with Gasteiger partial charge in [-0.25, -0.2) is 13.9 Å². The molecule has 1 atom stereocenters. The van der Waals surface area contributed by atoms with Gasteiger partial charge >= 0.3 is 0 Å². The fraction of sp³-hybridized carbons (Fsp3) is 0.429. The van der Waals surface area contributed by atoms with E-state index >= 15 is 0 Å². The zero-order chi connectivity index (χ0) is 23.9. The van der Waals surface area contributed by atoms with Gasteiger partial charge in [-0.1, -0.05) is 0 Å². The molecule has 1 unspecified atom stereocenters. The van der Waals surface area contributed by atoms with Crippen molar-refractivity contribution in [2.45, 2.75) is 31.1 Å². The Morgan fingerprint density at radius 3 is 2.53 bits per heavy atom. The third-order valence-electron chi connectivity index (χ3n) is 5.28. The Morgan fingerprint density at radius 1 is 1.25 bits per heavy atom. The molecule has 2 rings (SSSR count). The van der Waals surface area contributed by atoms with Crippen LogP contribution in [0.4, 0.5) is 0 Å². The Hall–Kier alpha value is -2.89. The number of nitrogens with zero attached hydrogens (tertiary/aromatic N) is 1. The van der Waals surface area contributed by atoms with Crippen LogP contribution in [-0.2, 0) is 21.2 Å². The number of carbonyl (C=O) groups is 1. The van der Waals surface area contributed by atoms with E-state index in [4.69, 9.17) is 19.8 Å². The smallest absolute Gasteiger partial charge is 0.264 e. The van der Waals surface area contributed by atoms with Gasteiger partial charge in [0.1, 0.15) is 11.5 Å². The molecule has 0 fully saturated rings. The molecule has 0 aliphatic carbocycles. The lowest BCUT2D eigenvalue weighted by Gasteiger charge is -2.25. The first-order valence-corrected chi connectivity index (χ1v) is 11.7. The van der Waals surface area contributed by atoms with Crippen LogP contribution in [0.3, 0.4) is 0 Å². The van der Waals surface area contributed by atoms with E-state index in [1.807, 2.05) is 0 Å². The van der Waals surface area contributed by atoms with Crippen LogP contribution in [0.25, 0.3) is 11.1 Å². The predicted octanol–water partition coefficient (Wildman–Crippen LogP) is 0.984. The highest BCUT2D eigenvalue weighted by molar-refractivity contribution is 7.92. The average Bonchev–Trinajstić information content (AvgIpc) is 2.76. The zero-order valence-electron chi connectivity index (χ0n) is 18.2. The molecule has 32 heavy (non-hydrogen) atoms. The van der Waals surface area contributed by atoms with E-state index in [2.05, 4.69) is 0 Å². The number of hydroxylamine groups is 1. The van der Waals surface area contributed by atoms with Crippen LogP contribution in [0.15, 0.2) is 41.3 Å². The van der Waals surface area contributed by atoms with Gasteiger partial charge in [0.25, 0.3) is 11.5 Å². The fourth-order valence-corrected chi connectivity index (χ4v) is 3.88. The Kier molecular flexibility index (Phi) is 8.42. The minimum atomic E-state index is -3.86. The Morgan fingerprint density at radius 2 is 1.97 bits per heavy atom. The third-order valence-corrected chi connectivity index (χ3v) is 7.31. The second kappa shape index (κ2) is 10.6. The molecule has 0 spiro atoms. The second-order valence-electron chi connectivity index (χ2n) is 7.43. The van der Waals surface area contributed by atoms with Crippen molar-refractivity contribution in [1.82, 2.24) is 10.0 Å². The molecule has 0 aliphatic rings. The van der Waals surface area contributed by atoms with Gasteiger partial charge < -0.3 is 19.1 Å². The molecule has 1 aromatic heterocycles. The van der Waals surface area contributed by atoms with Crippen LogP contribution in [0.5, 0.6) is 11.5 Å². The SMILES string of the molecule is COc1cc(OCCCO)ccc1-c1ccn(CCC(C)(C(=O)NO)S(C)(=O)=O)c(=O)c1. The minimum absolute atomic E-state index is 0.0273. The summed E-state index contributed by atoms with van der Waals surface area (Å²) >= 11 is 0. The maximum absolute atomic E-state index is 12.6. The predicted molar refractivity (Wildman–Crippen MR) is 118 cm³/mol. The number of aryl methyl sites for hydroxylation is 1. The van der Waals surface area contributed by atoms with Crippen LogP contribution in [0, 0.1) is 0 Å². The van der Waals surface area contributed by atoms with Crippen molar-refractivity contribution >= 4 is 15.7 Å². The monoisotopic (exact) mass is 468 g/mol. The van der Waals surface area contributed by atoms with Crippen LogP contribution < -0.4 is 20.5 Å². The maximum atomic E-state index is 12.6. The molecule has 1 heterocycles. The number of carbonyl (C=O) groups excluding carboxylic acids is 1. The standard InChI is InChI=1S/C21H28N2O8S/c1-21(20(26)22-27,32(3,28)29)8-10-23-9-7-15(13-19(23)25)17-6-5-16(14-18(17)30-2)31-12-4-11-24/h5-7,9,13-14,24,27H,4,8,10-12H2,1-3H3,(H,22,26). The van der Waals surface area contributed by atoms with E-state index < -0.39 is 26.1 Å². The minimum Gasteiger partial charge on any atom is -0.496 e. The number of ether oxygens (including phenoxy) is 2. The van der Waals surface area contributed by atoms with Gasteiger partial charge in [0, 0.05) is 49.7 Å². The quantitative estimate of drug-likeness (QED) is 0.252. The molecular weight excluding hydrogens is 440 g/mol. The maximum Gasteiger partial charge on any atom is 0.264 e. The number of hydrogen-bond donors (Lipinski definition) is 3. The summed E-state index contributed by atoms with van der Waals surface area (Å²) < 4.78 is 34.5. The average molecular weight is 469 g/mol. The van der Waals surface area contributed by atoms with Gasteiger partial charge in [0.05, 0.1) is 13.7 Å². The summed E-state index contributed by atoms with van der Waals surface area (Å²) in [5.41, 5.74) is 2.24. The largest absolute Gasteiger partial charge is 0.496 e. The van der Waals surface area contributed by atoms with Crippen LogP contribution >= 0.6 is 0 Å². The molecule has 1 amide bonds. The number of amides is 1. The summed E-state index contributed by atoms with van der Waals surface area (Å²) in [6.07, 6.45) is 2.70. The van der Waals surface area contributed by atoms with Crippen LogP contribution in [0.2, 0.25) is 0 Å². The van der Waals surface area contributed by atoms with Gasteiger partial charge in [0.2, 0.25) is 0 Å². The first-order valence-electron chi connectivity index (χ1n) is 9.84. The number of hydrogen-bond acceptors (Lipinski definition) is 8. The van der Waals surface area contributed by atoms with Crippen molar-refractivity contribution in [1.29, 1.82) is 0 Å². The molecule has 11 heteroatoms. The molecule has 0 bridgehead atoms. The highest BCUT2D eigenvalue weighted by Crippen LogP contribution is 2.33. The van der Waals surface area contributed by atoms with Crippen molar-refractivity contribution in [3.8, 4) is 22.6 Å². The van der Waals surface area contributed by atoms with Crippen molar-refractivity contribution in [3.63, 3.8) is 0 Å². The van der Waals surface area contributed by atoms with E-state index in [1.54, 1.807) is 24.3 Å². The van der Waals surface area contributed by atoms with E-state index in [0.717, 1.165) is 6.26 Å². The van der Waals surface area contributed by atoms with Gasteiger partial charge in [-0.05, 0) is 37.1 Å². The topological polar surface area (TPSA) is 144 Å². The number of sulfone groups is 1. The van der Waals surface area contributed by atoms with Gasteiger partial charge in [-0.2, -0.15) is 0 Å². The van der Waals surface area contributed by atoms with Gasteiger partial charge in [-0.15, -0.1) is 0 Å². The van der Waals surface area contributed by atoms with Crippen molar-refractivity contribution in [3.05, 3.63) is 46.9 Å². The number of aliphatic hydroxyl groups excluding tert-OH is 1. The highest BCUT2D eigenvalue weighted by atomic mass is 32.2. The summed E-state index contributed by atoms with van der Waals surface area (Å²) in [4.78, 5) is 24.6. The molecule has 2 aromatic rings. The lowest BCUT2D eigenvalue weighted by atomic mass is 10.0. The summed E-state index contributed by atoms with van der Waals surface area (Å²) in [6, 6.07) is 8.22. The van der Waals surface area contributed by atoms with Gasteiger partial charge in [-0.3, -0.25) is 14.8 Å². The van der Waals surface area contributed by atoms with Gasteiger partial charge in [0.15, 0.2) is 14.6 Å².